The molecule has 19 heavy (non-hydrogen) atoms. The number of carbonyl (C=O) groups is 1. The average molecular weight is 280 g/mol. The van der Waals surface area contributed by atoms with Gasteiger partial charge >= 0.3 is 0 Å². The molecular weight excluding hydrogens is 258 g/mol. The summed E-state index contributed by atoms with van der Waals surface area (Å²) in [4.78, 5) is 13.6. The first kappa shape index (κ1) is 14.5. The molecule has 2 nitrogen and oxygen atoms in total. The maximum atomic E-state index is 11.1. The highest BCUT2D eigenvalue weighted by molar-refractivity contribution is 6.30. The molecular formula is C16H22ClNO. The Morgan fingerprint density at radius 3 is 3.05 bits per heavy atom. The SMILES string of the molecule is CC(=O)CCC1CCCN(Cc2cccc(Cl)c2)C1. The second-order valence-corrected chi connectivity index (χ2v) is 6.05. The van der Waals surface area contributed by atoms with Crippen LogP contribution in [0.15, 0.2) is 24.3 Å². The maximum absolute atomic E-state index is 11.1. The van der Waals surface area contributed by atoms with Crippen molar-refractivity contribution in [3.8, 4) is 0 Å². The summed E-state index contributed by atoms with van der Waals surface area (Å²) in [6.07, 6.45) is 4.28. The quantitative estimate of drug-likeness (QED) is 0.814. The number of nitrogens with zero attached hydrogens (tertiary/aromatic N) is 1. The van der Waals surface area contributed by atoms with Gasteiger partial charge in [-0.05, 0) is 56.3 Å². The number of carbonyl (C=O) groups excluding carboxylic acids is 1. The third-order valence-electron chi connectivity index (χ3n) is 3.80. The number of halogens is 1. The fourth-order valence-corrected chi connectivity index (χ4v) is 3.04. The number of likely N-dealkylation sites (tertiary alicyclic amines) is 1. The molecule has 2 rings (SSSR count). The van der Waals surface area contributed by atoms with Crippen molar-refractivity contribution >= 4 is 17.4 Å². The standard InChI is InChI=1S/C16H22ClNO/c1-13(19)7-8-14-5-3-9-18(11-14)12-15-4-2-6-16(17)10-15/h2,4,6,10,14H,3,5,7-9,11-12H2,1H3. The molecule has 1 atom stereocenters. The molecule has 3 heteroatoms. The van der Waals surface area contributed by atoms with E-state index in [9.17, 15) is 4.79 Å². The van der Waals surface area contributed by atoms with Gasteiger partial charge in [0, 0.05) is 24.5 Å². The third-order valence-corrected chi connectivity index (χ3v) is 4.04. The average Bonchev–Trinajstić information content (AvgIpc) is 2.37. The van der Waals surface area contributed by atoms with Crippen LogP contribution in [-0.2, 0) is 11.3 Å². The van der Waals surface area contributed by atoms with E-state index in [4.69, 9.17) is 11.6 Å². The van der Waals surface area contributed by atoms with Crippen LogP contribution in [0, 0.1) is 5.92 Å². The zero-order valence-electron chi connectivity index (χ0n) is 11.6. The summed E-state index contributed by atoms with van der Waals surface area (Å²) in [5.41, 5.74) is 1.28. The molecule has 1 aromatic rings. The van der Waals surface area contributed by atoms with Gasteiger partial charge in [0.25, 0.3) is 0 Å². The van der Waals surface area contributed by atoms with Gasteiger partial charge in [0.2, 0.25) is 0 Å². The third kappa shape index (κ3) is 4.96. The van der Waals surface area contributed by atoms with Gasteiger partial charge in [-0.1, -0.05) is 23.7 Å². The first-order valence-corrected chi connectivity index (χ1v) is 7.47. The van der Waals surface area contributed by atoms with Crippen LogP contribution in [0.2, 0.25) is 5.02 Å². The Balaban J connectivity index is 1.85. The van der Waals surface area contributed by atoms with E-state index in [1.165, 1.54) is 18.4 Å². The largest absolute Gasteiger partial charge is 0.300 e. The molecule has 1 saturated heterocycles. The number of hydrogen-bond donors (Lipinski definition) is 0. The van der Waals surface area contributed by atoms with Crippen molar-refractivity contribution in [2.45, 2.75) is 39.2 Å². The van der Waals surface area contributed by atoms with Gasteiger partial charge in [0.1, 0.15) is 5.78 Å². The van der Waals surface area contributed by atoms with E-state index in [0.717, 1.165) is 37.5 Å². The van der Waals surface area contributed by atoms with E-state index in [1.54, 1.807) is 6.92 Å². The molecule has 0 radical (unpaired) electrons. The minimum absolute atomic E-state index is 0.312. The fourth-order valence-electron chi connectivity index (χ4n) is 2.83. The summed E-state index contributed by atoms with van der Waals surface area (Å²) < 4.78 is 0. The fraction of sp³-hybridized carbons (Fsp3) is 0.562. The Bertz CT molecular complexity index is 433. The van der Waals surface area contributed by atoms with Crippen molar-refractivity contribution in [2.24, 2.45) is 5.92 Å². The number of ketones is 1. The van der Waals surface area contributed by atoms with Gasteiger partial charge in [-0.2, -0.15) is 0 Å². The Hall–Kier alpha value is -0.860. The Labute approximate surface area is 120 Å². The van der Waals surface area contributed by atoms with Crippen LogP contribution in [0.4, 0.5) is 0 Å². The van der Waals surface area contributed by atoms with Gasteiger partial charge in [0.15, 0.2) is 0 Å². The second kappa shape index (κ2) is 7.06. The maximum Gasteiger partial charge on any atom is 0.129 e. The van der Waals surface area contributed by atoms with Gasteiger partial charge in [0.05, 0.1) is 0 Å². The molecule has 0 bridgehead atoms. The van der Waals surface area contributed by atoms with Crippen LogP contribution in [0.3, 0.4) is 0 Å². The normalized spacial score (nSPS) is 20.4. The van der Waals surface area contributed by atoms with Crippen LogP contribution in [0.5, 0.6) is 0 Å². The van der Waals surface area contributed by atoms with E-state index < -0.39 is 0 Å². The first-order valence-electron chi connectivity index (χ1n) is 7.10. The van der Waals surface area contributed by atoms with Crippen molar-refractivity contribution in [1.29, 1.82) is 0 Å². The molecule has 0 aliphatic carbocycles. The molecule has 0 amide bonds. The minimum atomic E-state index is 0.312. The van der Waals surface area contributed by atoms with E-state index in [2.05, 4.69) is 11.0 Å². The lowest BCUT2D eigenvalue weighted by atomic mass is 9.92. The topological polar surface area (TPSA) is 20.3 Å². The number of benzene rings is 1. The highest BCUT2D eigenvalue weighted by atomic mass is 35.5. The van der Waals surface area contributed by atoms with Gasteiger partial charge in [-0.15, -0.1) is 0 Å². The Kier molecular flexibility index (Phi) is 5.41. The lowest BCUT2D eigenvalue weighted by Crippen LogP contribution is -2.35. The lowest BCUT2D eigenvalue weighted by molar-refractivity contribution is -0.117. The van der Waals surface area contributed by atoms with Crippen LogP contribution < -0.4 is 0 Å². The zero-order chi connectivity index (χ0) is 13.7. The molecule has 0 N–H and O–H groups in total. The molecule has 1 unspecified atom stereocenters. The smallest absolute Gasteiger partial charge is 0.129 e. The summed E-state index contributed by atoms with van der Waals surface area (Å²) in [5, 5.41) is 0.808. The van der Waals surface area contributed by atoms with Crippen molar-refractivity contribution in [3.63, 3.8) is 0 Å². The summed E-state index contributed by atoms with van der Waals surface area (Å²) in [6.45, 7) is 4.92. The molecule has 0 spiro atoms. The highest BCUT2D eigenvalue weighted by Crippen LogP contribution is 2.23. The predicted octanol–water partition coefficient (Wildman–Crippen LogP) is 3.92. The molecule has 104 valence electrons. The van der Waals surface area contributed by atoms with Gasteiger partial charge in [-0.25, -0.2) is 0 Å². The molecule has 0 saturated carbocycles. The van der Waals surface area contributed by atoms with Gasteiger partial charge < -0.3 is 4.79 Å². The van der Waals surface area contributed by atoms with Gasteiger partial charge in [-0.3, -0.25) is 4.90 Å². The molecule has 1 fully saturated rings. The number of hydrogen-bond acceptors (Lipinski definition) is 2. The first-order chi connectivity index (χ1) is 9.13. The van der Waals surface area contributed by atoms with E-state index in [0.29, 0.717) is 11.7 Å². The van der Waals surface area contributed by atoms with E-state index >= 15 is 0 Å². The van der Waals surface area contributed by atoms with E-state index in [-0.39, 0.29) is 0 Å². The van der Waals surface area contributed by atoms with Crippen LogP contribution in [0.1, 0.15) is 38.2 Å². The van der Waals surface area contributed by atoms with Crippen LogP contribution >= 0.6 is 11.6 Å². The summed E-state index contributed by atoms with van der Waals surface area (Å²) in [7, 11) is 0. The molecule has 1 aliphatic heterocycles. The van der Waals surface area contributed by atoms with Crippen molar-refractivity contribution in [2.75, 3.05) is 13.1 Å². The van der Waals surface area contributed by atoms with Crippen molar-refractivity contribution < 1.29 is 4.79 Å². The Morgan fingerprint density at radius 2 is 2.32 bits per heavy atom. The predicted molar refractivity (Wildman–Crippen MR) is 79.4 cm³/mol. The summed E-state index contributed by atoms with van der Waals surface area (Å²) in [5.74, 6) is 0.990. The lowest BCUT2D eigenvalue weighted by Gasteiger charge is -2.32. The molecule has 1 aromatic carbocycles. The number of piperidine rings is 1. The molecule has 0 aromatic heterocycles. The molecule has 1 aliphatic rings. The van der Waals surface area contributed by atoms with Crippen molar-refractivity contribution in [1.82, 2.24) is 4.90 Å². The second-order valence-electron chi connectivity index (χ2n) is 5.61. The minimum Gasteiger partial charge on any atom is -0.300 e. The zero-order valence-corrected chi connectivity index (χ0v) is 12.3. The van der Waals surface area contributed by atoms with Crippen LogP contribution in [0.25, 0.3) is 0 Å². The molecule has 1 heterocycles. The highest BCUT2D eigenvalue weighted by Gasteiger charge is 2.20. The number of Topliss-reactive ketones (excluding diaryl/α,β-unsaturated/α-hetero) is 1. The van der Waals surface area contributed by atoms with Crippen molar-refractivity contribution in [3.05, 3.63) is 34.9 Å². The summed E-state index contributed by atoms with van der Waals surface area (Å²) in [6, 6.07) is 8.09. The Morgan fingerprint density at radius 1 is 1.47 bits per heavy atom. The summed E-state index contributed by atoms with van der Waals surface area (Å²) >= 11 is 6.02. The monoisotopic (exact) mass is 279 g/mol. The van der Waals surface area contributed by atoms with E-state index in [1.807, 2.05) is 18.2 Å². The number of rotatable bonds is 5. The van der Waals surface area contributed by atoms with Crippen LogP contribution in [-0.4, -0.2) is 23.8 Å².